The van der Waals surface area contributed by atoms with Gasteiger partial charge < -0.3 is 15.4 Å². The summed E-state index contributed by atoms with van der Waals surface area (Å²) in [7, 11) is 1.61. The second-order valence-electron chi connectivity index (χ2n) is 9.35. The van der Waals surface area contributed by atoms with Crippen molar-refractivity contribution in [2.24, 2.45) is 23.2 Å². The molecule has 0 saturated heterocycles. The predicted molar refractivity (Wildman–Crippen MR) is 109 cm³/mol. The third-order valence-corrected chi connectivity index (χ3v) is 7.33. The number of carbonyl (C=O) groups excluding carboxylic acids is 2. The zero-order chi connectivity index (χ0) is 19.7. The molecule has 28 heavy (non-hydrogen) atoms. The molecule has 4 saturated carbocycles. The normalized spacial score (nSPS) is 31.3. The molecule has 4 aliphatic carbocycles. The van der Waals surface area contributed by atoms with Crippen molar-refractivity contribution in [3.8, 4) is 5.75 Å². The molecule has 0 aliphatic heterocycles. The number of nitrogens with one attached hydrogen (secondary N) is 2. The molecule has 5 heteroatoms. The van der Waals surface area contributed by atoms with Gasteiger partial charge in [-0.25, -0.2) is 0 Å². The first-order chi connectivity index (χ1) is 13.5. The van der Waals surface area contributed by atoms with Gasteiger partial charge in [0.25, 0.3) is 0 Å². The first-order valence-corrected chi connectivity index (χ1v) is 10.7. The molecule has 4 bridgehead atoms. The number of methoxy groups -OCH3 is 1. The van der Waals surface area contributed by atoms with Crippen LogP contribution in [0, 0.1) is 23.2 Å². The van der Waals surface area contributed by atoms with E-state index in [1.807, 2.05) is 0 Å². The molecule has 0 spiro atoms. The number of benzene rings is 1. The molecular formula is C23H32N2O3. The SMILES string of the molecule is COc1ccc(NC(=O)CCC(=O)NC(C)C23CC4CC(CC(C4)C2)C3)cc1. The van der Waals surface area contributed by atoms with Crippen LogP contribution >= 0.6 is 0 Å². The van der Waals surface area contributed by atoms with Crippen LogP contribution in [0.2, 0.25) is 0 Å². The zero-order valence-electron chi connectivity index (χ0n) is 17.0. The van der Waals surface area contributed by atoms with Gasteiger partial charge in [0.05, 0.1) is 7.11 Å². The monoisotopic (exact) mass is 384 g/mol. The highest BCUT2D eigenvalue weighted by Crippen LogP contribution is 2.61. The van der Waals surface area contributed by atoms with Crippen LogP contribution in [0.3, 0.4) is 0 Å². The number of anilines is 1. The molecule has 1 unspecified atom stereocenters. The molecule has 2 N–H and O–H groups in total. The van der Waals surface area contributed by atoms with Gasteiger partial charge in [-0.15, -0.1) is 0 Å². The smallest absolute Gasteiger partial charge is 0.224 e. The minimum atomic E-state index is -0.136. The molecule has 5 nitrogen and oxygen atoms in total. The van der Waals surface area contributed by atoms with E-state index >= 15 is 0 Å². The van der Waals surface area contributed by atoms with Crippen LogP contribution in [0.15, 0.2) is 24.3 Å². The lowest BCUT2D eigenvalue weighted by Crippen LogP contribution is -2.55. The lowest BCUT2D eigenvalue weighted by Gasteiger charge is -2.59. The van der Waals surface area contributed by atoms with Crippen LogP contribution in [0.5, 0.6) is 5.75 Å². The topological polar surface area (TPSA) is 67.4 Å². The Morgan fingerprint density at radius 1 is 1.00 bits per heavy atom. The Morgan fingerprint density at radius 2 is 1.54 bits per heavy atom. The fourth-order valence-electron chi connectivity index (χ4n) is 6.30. The molecule has 2 amide bonds. The standard InChI is InChI=1S/C23H32N2O3/c1-15(23-12-16-9-17(13-23)11-18(10-16)14-23)24-21(26)7-8-22(27)25-19-3-5-20(28-2)6-4-19/h3-6,15-18H,7-14H2,1-2H3,(H,24,26)(H,25,27). The molecule has 0 radical (unpaired) electrons. The van der Waals surface area contributed by atoms with Crippen LogP contribution in [0.25, 0.3) is 0 Å². The van der Waals surface area contributed by atoms with Gasteiger partial charge in [0.1, 0.15) is 5.75 Å². The van der Waals surface area contributed by atoms with Gasteiger partial charge in [0, 0.05) is 24.6 Å². The van der Waals surface area contributed by atoms with Crippen molar-refractivity contribution in [3.05, 3.63) is 24.3 Å². The Hall–Kier alpha value is -2.04. The molecular weight excluding hydrogens is 352 g/mol. The Labute approximate surface area is 167 Å². The fraction of sp³-hybridized carbons (Fsp3) is 0.652. The van der Waals surface area contributed by atoms with Crippen molar-refractivity contribution in [3.63, 3.8) is 0 Å². The molecule has 152 valence electrons. The van der Waals surface area contributed by atoms with Crippen LogP contribution < -0.4 is 15.4 Å². The van der Waals surface area contributed by atoms with E-state index in [4.69, 9.17) is 4.74 Å². The molecule has 1 aromatic rings. The maximum atomic E-state index is 12.5. The van der Waals surface area contributed by atoms with Crippen molar-refractivity contribution in [1.82, 2.24) is 5.32 Å². The second kappa shape index (κ2) is 7.76. The highest BCUT2D eigenvalue weighted by molar-refractivity contribution is 5.93. The molecule has 5 rings (SSSR count). The highest BCUT2D eigenvalue weighted by Gasteiger charge is 2.53. The van der Waals surface area contributed by atoms with Gasteiger partial charge in [-0.1, -0.05) is 0 Å². The molecule has 0 aromatic heterocycles. The van der Waals surface area contributed by atoms with Crippen molar-refractivity contribution < 1.29 is 14.3 Å². The molecule has 4 fully saturated rings. The number of amides is 2. The number of hydrogen-bond acceptors (Lipinski definition) is 3. The number of hydrogen-bond donors (Lipinski definition) is 2. The number of rotatable bonds is 7. The van der Waals surface area contributed by atoms with E-state index in [9.17, 15) is 9.59 Å². The van der Waals surface area contributed by atoms with Gasteiger partial charge >= 0.3 is 0 Å². The van der Waals surface area contributed by atoms with Gasteiger partial charge in [0.2, 0.25) is 11.8 Å². The molecule has 0 heterocycles. The van der Waals surface area contributed by atoms with E-state index in [-0.39, 0.29) is 30.7 Å². The van der Waals surface area contributed by atoms with E-state index in [0.29, 0.717) is 11.1 Å². The van der Waals surface area contributed by atoms with Gasteiger partial charge in [0.15, 0.2) is 0 Å². The Morgan fingerprint density at radius 3 is 2.07 bits per heavy atom. The number of ether oxygens (including phenoxy) is 1. The van der Waals surface area contributed by atoms with E-state index < -0.39 is 0 Å². The maximum absolute atomic E-state index is 12.5. The first kappa shape index (κ1) is 19.3. The summed E-state index contributed by atoms with van der Waals surface area (Å²) in [4.78, 5) is 24.6. The first-order valence-electron chi connectivity index (χ1n) is 10.7. The largest absolute Gasteiger partial charge is 0.497 e. The summed E-state index contributed by atoms with van der Waals surface area (Å²) in [5, 5.41) is 6.07. The Balaban J connectivity index is 1.24. The van der Waals surface area contributed by atoms with Gasteiger partial charge in [-0.3, -0.25) is 9.59 Å². The summed E-state index contributed by atoms with van der Waals surface area (Å²) in [6.45, 7) is 2.18. The van der Waals surface area contributed by atoms with E-state index in [2.05, 4.69) is 17.6 Å². The van der Waals surface area contributed by atoms with Gasteiger partial charge in [-0.05, 0) is 92.9 Å². The molecule has 1 atom stereocenters. The van der Waals surface area contributed by atoms with Crippen molar-refractivity contribution in [2.45, 2.75) is 64.3 Å². The lowest BCUT2D eigenvalue weighted by atomic mass is 9.48. The van der Waals surface area contributed by atoms with Crippen molar-refractivity contribution in [2.75, 3.05) is 12.4 Å². The highest BCUT2D eigenvalue weighted by atomic mass is 16.5. The summed E-state index contributed by atoms with van der Waals surface area (Å²) in [5.41, 5.74) is 1.02. The quantitative estimate of drug-likeness (QED) is 0.743. The maximum Gasteiger partial charge on any atom is 0.224 e. The summed E-state index contributed by atoms with van der Waals surface area (Å²) >= 11 is 0. The second-order valence-corrected chi connectivity index (χ2v) is 9.35. The number of carbonyl (C=O) groups is 2. The third kappa shape index (κ3) is 4.03. The Bertz CT molecular complexity index is 693. The summed E-state index contributed by atoms with van der Waals surface area (Å²) < 4.78 is 5.11. The van der Waals surface area contributed by atoms with Crippen molar-refractivity contribution >= 4 is 17.5 Å². The minimum Gasteiger partial charge on any atom is -0.497 e. The fourth-order valence-corrected chi connectivity index (χ4v) is 6.30. The summed E-state index contributed by atoms with van der Waals surface area (Å²) in [6, 6.07) is 7.40. The minimum absolute atomic E-state index is 0.00636. The van der Waals surface area contributed by atoms with E-state index in [1.54, 1.807) is 31.4 Å². The summed E-state index contributed by atoms with van der Waals surface area (Å²) in [5.74, 6) is 3.23. The average molecular weight is 385 g/mol. The van der Waals surface area contributed by atoms with E-state index in [1.165, 1.54) is 38.5 Å². The van der Waals surface area contributed by atoms with Crippen molar-refractivity contribution in [1.29, 1.82) is 0 Å². The average Bonchev–Trinajstić information content (AvgIpc) is 2.66. The Kier molecular flexibility index (Phi) is 5.35. The van der Waals surface area contributed by atoms with Crippen LogP contribution in [-0.4, -0.2) is 25.0 Å². The van der Waals surface area contributed by atoms with Crippen LogP contribution in [0.4, 0.5) is 5.69 Å². The van der Waals surface area contributed by atoms with E-state index in [0.717, 1.165) is 23.5 Å². The zero-order valence-corrected chi connectivity index (χ0v) is 17.0. The third-order valence-electron chi connectivity index (χ3n) is 7.33. The molecule has 1 aromatic carbocycles. The van der Waals surface area contributed by atoms with Crippen LogP contribution in [0.1, 0.15) is 58.3 Å². The van der Waals surface area contributed by atoms with Gasteiger partial charge in [-0.2, -0.15) is 0 Å². The summed E-state index contributed by atoms with van der Waals surface area (Å²) in [6.07, 6.45) is 8.49. The molecule has 4 aliphatic rings. The lowest BCUT2D eigenvalue weighted by molar-refractivity contribution is -0.128. The predicted octanol–water partition coefficient (Wildman–Crippen LogP) is 4.14. The van der Waals surface area contributed by atoms with Crippen LogP contribution in [-0.2, 0) is 9.59 Å².